The lowest BCUT2D eigenvalue weighted by Gasteiger charge is -2.26. The average molecular weight is 391 g/mol. The first-order valence-corrected chi connectivity index (χ1v) is 8.62. The van der Waals surface area contributed by atoms with Crippen LogP contribution >= 0.6 is 0 Å². The first-order valence-electron chi connectivity index (χ1n) is 8.62. The zero-order valence-electron chi connectivity index (χ0n) is 16.0. The van der Waals surface area contributed by atoms with E-state index in [1.54, 1.807) is 7.11 Å². The van der Waals surface area contributed by atoms with Crippen LogP contribution in [0.15, 0.2) is 42.5 Å². The van der Waals surface area contributed by atoms with Crippen LogP contribution in [0.3, 0.4) is 0 Å². The van der Waals surface area contributed by atoms with Gasteiger partial charge in [-0.1, -0.05) is 18.2 Å². The second-order valence-corrected chi connectivity index (χ2v) is 6.33. The highest BCUT2D eigenvalue weighted by molar-refractivity contribution is 5.96. The Morgan fingerprint density at radius 1 is 1.11 bits per heavy atom. The van der Waals surface area contributed by atoms with Crippen molar-refractivity contribution in [1.29, 1.82) is 0 Å². The summed E-state index contributed by atoms with van der Waals surface area (Å²) in [5, 5.41) is 5.06. The summed E-state index contributed by atoms with van der Waals surface area (Å²) < 4.78 is 31.9. The summed E-state index contributed by atoms with van der Waals surface area (Å²) in [6.07, 6.45) is 0. The molecule has 0 saturated carbocycles. The van der Waals surface area contributed by atoms with Crippen LogP contribution in [0.2, 0.25) is 0 Å². The van der Waals surface area contributed by atoms with Crippen molar-refractivity contribution in [3.8, 4) is 5.75 Å². The lowest BCUT2D eigenvalue weighted by Crippen LogP contribution is -2.40. The van der Waals surface area contributed by atoms with E-state index >= 15 is 0 Å². The van der Waals surface area contributed by atoms with Crippen molar-refractivity contribution < 1.29 is 23.1 Å². The lowest BCUT2D eigenvalue weighted by molar-refractivity contribution is -0.120. The molecule has 2 rings (SSSR count). The van der Waals surface area contributed by atoms with Crippen molar-refractivity contribution in [2.75, 3.05) is 34.3 Å². The number of carbonyl (C=O) groups is 2. The average Bonchev–Trinajstić information content (AvgIpc) is 2.66. The minimum absolute atomic E-state index is 0.148. The van der Waals surface area contributed by atoms with Crippen LogP contribution in [-0.4, -0.2) is 51.0 Å². The predicted molar refractivity (Wildman–Crippen MR) is 101 cm³/mol. The van der Waals surface area contributed by atoms with E-state index in [2.05, 4.69) is 10.6 Å². The maximum atomic E-state index is 13.6. The van der Waals surface area contributed by atoms with Crippen LogP contribution < -0.4 is 15.4 Å². The minimum atomic E-state index is -0.984. The van der Waals surface area contributed by atoms with E-state index in [0.29, 0.717) is 11.8 Å². The Labute approximate surface area is 162 Å². The topological polar surface area (TPSA) is 70.7 Å². The smallest absolute Gasteiger partial charge is 0.254 e. The largest absolute Gasteiger partial charge is 0.496 e. The van der Waals surface area contributed by atoms with E-state index in [1.165, 1.54) is 0 Å². The van der Waals surface area contributed by atoms with Gasteiger partial charge in [-0.25, -0.2) is 8.78 Å². The molecule has 0 radical (unpaired) electrons. The van der Waals surface area contributed by atoms with Crippen molar-refractivity contribution in [2.45, 2.75) is 6.04 Å². The van der Waals surface area contributed by atoms with Crippen LogP contribution in [0, 0.1) is 11.6 Å². The Balaban J connectivity index is 1.93. The molecule has 8 heteroatoms. The minimum Gasteiger partial charge on any atom is -0.496 e. The fourth-order valence-electron chi connectivity index (χ4n) is 2.71. The first-order chi connectivity index (χ1) is 13.3. The highest BCUT2D eigenvalue weighted by atomic mass is 19.1. The normalized spacial score (nSPS) is 11.8. The van der Waals surface area contributed by atoms with Crippen LogP contribution in [0.5, 0.6) is 5.75 Å². The quantitative estimate of drug-likeness (QED) is 0.723. The highest BCUT2D eigenvalue weighted by Crippen LogP contribution is 2.27. The molecule has 1 unspecified atom stereocenters. The number of carbonyl (C=O) groups excluding carboxylic acids is 2. The highest BCUT2D eigenvalue weighted by Gasteiger charge is 2.19. The maximum Gasteiger partial charge on any atom is 0.254 e. The summed E-state index contributed by atoms with van der Waals surface area (Å²) in [5.74, 6) is -2.28. The van der Waals surface area contributed by atoms with E-state index in [9.17, 15) is 18.4 Å². The number of benzene rings is 2. The second kappa shape index (κ2) is 9.80. The molecule has 2 aromatic rings. The molecule has 0 aliphatic rings. The molecule has 0 heterocycles. The molecule has 28 heavy (non-hydrogen) atoms. The third-order valence-electron chi connectivity index (χ3n) is 4.20. The molecule has 0 aliphatic heterocycles. The number of ether oxygens (including phenoxy) is 1. The number of amides is 2. The molecule has 0 aromatic heterocycles. The number of para-hydroxylation sites is 1. The van der Waals surface area contributed by atoms with Crippen molar-refractivity contribution in [3.63, 3.8) is 0 Å². The van der Waals surface area contributed by atoms with Gasteiger partial charge in [0, 0.05) is 18.2 Å². The van der Waals surface area contributed by atoms with Crippen molar-refractivity contribution in [1.82, 2.24) is 15.5 Å². The van der Waals surface area contributed by atoms with Gasteiger partial charge in [0.2, 0.25) is 5.91 Å². The molecule has 2 aromatic carbocycles. The van der Waals surface area contributed by atoms with Gasteiger partial charge in [0.25, 0.3) is 5.91 Å². The molecule has 2 N–H and O–H groups in total. The van der Waals surface area contributed by atoms with Crippen molar-refractivity contribution >= 4 is 11.8 Å². The number of halogens is 2. The number of nitrogens with one attached hydrogen (secondary N) is 2. The van der Waals surface area contributed by atoms with Gasteiger partial charge in [0.15, 0.2) is 0 Å². The molecule has 6 nitrogen and oxygen atoms in total. The van der Waals surface area contributed by atoms with Crippen molar-refractivity contribution in [3.05, 3.63) is 65.2 Å². The number of hydrogen-bond acceptors (Lipinski definition) is 4. The third kappa shape index (κ3) is 5.50. The zero-order valence-corrected chi connectivity index (χ0v) is 16.0. The van der Waals surface area contributed by atoms with E-state index < -0.39 is 23.4 Å². The second-order valence-electron chi connectivity index (χ2n) is 6.33. The number of hydrogen-bond donors (Lipinski definition) is 2. The number of rotatable bonds is 8. The summed E-state index contributed by atoms with van der Waals surface area (Å²) in [7, 11) is 5.33. The summed E-state index contributed by atoms with van der Waals surface area (Å²) >= 11 is 0. The molecule has 1 atom stereocenters. The maximum absolute atomic E-state index is 13.6. The van der Waals surface area contributed by atoms with Crippen molar-refractivity contribution in [2.24, 2.45) is 0 Å². The van der Waals surface area contributed by atoms with Gasteiger partial charge >= 0.3 is 0 Å². The van der Waals surface area contributed by atoms with Crippen LogP contribution in [-0.2, 0) is 4.79 Å². The number of likely N-dealkylation sites (N-methyl/N-ethyl adjacent to an activating group) is 1. The Bertz CT molecular complexity index is 843. The van der Waals surface area contributed by atoms with E-state index in [4.69, 9.17) is 4.74 Å². The van der Waals surface area contributed by atoms with Gasteiger partial charge in [-0.05, 0) is 32.3 Å². The van der Waals surface area contributed by atoms with Crippen LogP contribution in [0.25, 0.3) is 0 Å². The molecule has 0 bridgehead atoms. The molecular weight excluding hydrogens is 368 g/mol. The predicted octanol–water partition coefficient (Wildman–Crippen LogP) is 2.12. The van der Waals surface area contributed by atoms with Gasteiger partial charge in [0.05, 0.1) is 25.3 Å². The van der Waals surface area contributed by atoms with Crippen LogP contribution in [0.1, 0.15) is 22.0 Å². The third-order valence-corrected chi connectivity index (χ3v) is 4.20. The van der Waals surface area contributed by atoms with Gasteiger partial charge < -0.3 is 20.3 Å². The SMILES string of the molecule is COc1ccccc1C(CNC(=O)CNC(=O)c1ccc(F)cc1F)N(C)C. The molecule has 0 spiro atoms. The lowest BCUT2D eigenvalue weighted by atomic mass is 10.0. The summed E-state index contributed by atoms with van der Waals surface area (Å²) in [6.45, 7) is -0.0469. The summed E-state index contributed by atoms with van der Waals surface area (Å²) in [6, 6.07) is 9.97. The van der Waals surface area contributed by atoms with E-state index in [-0.39, 0.29) is 24.7 Å². The summed E-state index contributed by atoms with van der Waals surface area (Å²) in [5.41, 5.74) is 0.585. The molecule has 150 valence electrons. The van der Waals surface area contributed by atoms with Crippen LogP contribution in [0.4, 0.5) is 8.78 Å². The van der Waals surface area contributed by atoms with Gasteiger partial charge in [-0.3, -0.25) is 9.59 Å². The first kappa shape index (κ1) is 21.3. The van der Waals surface area contributed by atoms with Gasteiger partial charge in [0.1, 0.15) is 17.4 Å². The molecular formula is C20H23F2N3O3. The Hall–Kier alpha value is -3.00. The number of nitrogens with zero attached hydrogens (tertiary/aromatic N) is 1. The fraction of sp³-hybridized carbons (Fsp3) is 0.300. The molecule has 0 aliphatic carbocycles. The zero-order chi connectivity index (χ0) is 20.7. The van der Waals surface area contributed by atoms with Gasteiger partial charge in [-0.2, -0.15) is 0 Å². The number of methoxy groups -OCH3 is 1. The molecule has 2 amide bonds. The Morgan fingerprint density at radius 3 is 2.46 bits per heavy atom. The standard InChI is InChI=1S/C20H23F2N3O3/c1-25(2)17(15-6-4-5-7-18(15)28-3)11-23-19(26)12-24-20(27)14-9-8-13(21)10-16(14)22/h4-10,17H,11-12H2,1-3H3,(H,23,26)(H,24,27). The molecule has 0 saturated heterocycles. The Morgan fingerprint density at radius 2 is 1.82 bits per heavy atom. The summed E-state index contributed by atoms with van der Waals surface area (Å²) in [4.78, 5) is 26.0. The van der Waals surface area contributed by atoms with Gasteiger partial charge in [-0.15, -0.1) is 0 Å². The Kier molecular flexibility index (Phi) is 7.45. The fourth-order valence-corrected chi connectivity index (χ4v) is 2.71. The van der Waals surface area contributed by atoms with E-state index in [0.717, 1.165) is 17.7 Å². The van der Waals surface area contributed by atoms with E-state index in [1.807, 2.05) is 43.3 Å². The molecule has 0 fully saturated rings. The monoisotopic (exact) mass is 391 g/mol.